The van der Waals surface area contributed by atoms with E-state index in [2.05, 4.69) is 145 Å². The van der Waals surface area contributed by atoms with Crippen molar-refractivity contribution in [2.24, 2.45) is 7.05 Å². The van der Waals surface area contributed by atoms with Crippen LogP contribution in [0.2, 0.25) is 0 Å². The number of hydrogen-bond acceptors (Lipinski definition) is 1. The van der Waals surface area contributed by atoms with Crippen molar-refractivity contribution in [3.05, 3.63) is 126 Å². The molecule has 0 atom stereocenters. The van der Waals surface area contributed by atoms with Crippen LogP contribution in [0.4, 0.5) is 0 Å². The molecule has 6 rings (SSSR count). The van der Waals surface area contributed by atoms with Gasteiger partial charge in [-0.2, -0.15) is 4.57 Å². The standard InChI is InChI=1S/C33H28N3/c1-23-19-29-32(20-24(23)2)35(3)33(34-29)36-30(26-15-9-5-10-16-26)21-28(25-13-7-4-8-14-25)22-31(36)27-17-11-6-12-18-27/h4-22H,1-3H3/q+1. The third-order valence-electron chi connectivity index (χ3n) is 6.99. The van der Waals surface area contributed by atoms with Crippen LogP contribution in [0, 0.1) is 13.8 Å². The summed E-state index contributed by atoms with van der Waals surface area (Å²) in [6, 6.07) is 40.8. The molecule has 0 spiro atoms. The zero-order valence-electron chi connectivity index (χ0n) is 20.8. The van der Waals surface area contributed by atoms with Crippen LogP contribution >= 0.6 is 0 Å². The molecule has 36 heavy (non-hydrogen) atoms. The lowest BCUT2D eigenvalue weighted by Gasteiger charge is -2.16. The highest BCUT2D eigenvalue weighted by Crippen LogP contribution is 2.31. The van der Waals surface area contributed by atoms with Crippen LogP contribution < -0.4 is 4.57 Å². The van der Waals surface area contributed by atoms with E-state index in [1.54, 1.807) is 0 Å². The van der Waals surface area contributed by atoms with Crippen molar-refractivity contribution in [1.29, 1.82) is 0 Å². The topological polar surface area (TPSA) is 21.7 Å². The summed E-state index contributed by atoms with van der Waals surface area (Å²) in [5.41, 5.74) is 11.5. The van der Waals surface area contributed by atoms with Crippen molar-refractivity contribution in [1.82, 2.24) is 9.55 Å². The number of hydrogen-bond donors (Lipinski definition) is 0. The first-order chi connectivity index (χ1) is 17.6. The second-order valence-corrected chi connectivity index (χ2v) is 9.34. The Labute approximate surface area is 212 Å². The maximum Gasteiger partial charge on any atom is 0.405 e. The first-order valence-electron chi connectivity index (χ1n) is 12.3. The molecule has 0 aliphatic rings. The van der Waals surface area contributed by atoms with Gasteiger partial charge in [-0.25, -0.2) is 4.57 Å². The Hall–Kier alpha value is -4.50. The molecule has 0 amide bonds. The predicted octanol–water partition coefficient (Wildman–Crippen LogP) is 7.47. The largest absolute Gasteiger partial charge is 0.405 e. The Morgan fingerprint density at radius 2 is 1.03 bits per heavy atom. The van der Waals surface area contributed by atoms with Crippen LogP contribution in [-0.4, -0.2) is 9.55 Å². The monoisotopic (exact) mass is 466 g/mol. The normalized spacial score (nSPS) is 11.2. The molecule has 6 aromatic rings. The number of aromatic nitrogens is 3. The summed E-state index contributed by atoms with van der Waals surface area (Å²) >= 11 is 0. The third-order valence-corrected chi connectivity index (χ3v) is 6.99. The van der Waals surface area contributed by atoms with Gasteiger partial charge >= 0.3 is 5.95 Å². The molecule has 0 fully saturated rings. The van der Waals surface area contributed by atoms with E-state index in [9.17, 15) is 0 Å². The first kappa shape index (κ1) is 22.0. The summed E-state index contributed by atoms with van der Waals surface area (Å²) in [6.45, 7) is 4.31. The van der Waals surface area contributed by atoms with Gasteiger partial charge in [-0.05, 0) is 60.4 Å². The lowest BCUT2D eigenvalue weighted by molar-refractivity contribution is -0.581. The second-order valence-electron chi connectivity index (χ2n) is 9.34. The molecule has 174 valence electrons. The summed E-state index contributed by atoms with van der Waals surface area (Å²) in [5, 5.41) is 0. The van der Waals surface area contributed by atoms with Gasteiger partial charge in [0.2, 0.25) is 0 Å². The van der Waals surface area contributed by atoms with Gasteiger partial charge in [0.05, 0.1) is 7.05 Å². The number of rotatable bonds is 4. The molecule has 4 aromatic carbocycles. The number of benzene rings is 4. The van der Waals surface area contributed by atoms with Crippen LogP contribution in [0.25, 0.3) is 50.6 Å². The lowest BCUT2D eigenvalue weighted by Crippen LogP contribution is -2.39. The Morgan fingerprint density at radius 1 is 0.556 bits per heavy atom. The zero-order chi connectivity index (χ0) is 24.6. The second kappa shape index (κ2) is 8.94. The molecule has 0 radical (unpaired) electrons. The van der Waals surface area contributed by atoms with E-state index in [4.69, 9.17) is 4.98 Å². The summed E-state index contributed by atoms with van der Waals surface area (Å²) < 4.78 is 4.52. The van der Waals surface area contributed by atoms with Crippen LogP contribution in [0.5, 0.6) is 0 Å². The Bertz CT molecular complexity index is 1620. The van der Waals surface area contributed by atoms with Gasteiger partial charge in [0, 0.05) is 11.1 Å². The van der Waals surface area contributed by atoms with Gasteiger partial charge < -0.3 is 0 Å². The predicted molar refractivity (Wildman–Crippen MR) is 148 cm³/mol. The summed E-state index contributed by atoms with van der Waals surface area (Å²) in [4.78, 5) is 5.19. The van der Waals surface area contributed by atoms with Crippen LogP contribution in [0.15, 0.2) is 115 Å². The highest BCUT2D eigenvalue weighted by molar-refractivity contribution is 5.79. The van der Waals surface area contributed by atoms with Gasteiger partial charge in [-0.15, -0.1) is 0 Å². The van der Waals surface area contributed by atoms with Crippen molar-refractivity contribution in [2.75, 3.05) is 0 Å². The molecule has 0 aliphatic heterocycles. The van der Waals surface area contributed by atoms with E-state index in [1.807, 2.05) is 0 Å². The van der Waals surface area contributed by atoms with E-state index in [-0.39, 0.29) is 0 Å². The molecule has 0 bridgehead atoms. The molecule has 0 aliphatic carbocycles. The quantitative estimate of drug-likeness (QED) is 0.247. The molecule has 2 aromatic heterocycles. The fourth-order valence-electron chi connectivity index (χ4n) is 4.88. The number of pyridine rings is 1. The van der Waals surface area contributed by atoms with Crippen molar-refractivity contribution in [3.63, 3.8) is 0 Å². The van der Waals surface area contributed by atoms with Crippen LogP contribution in [0.3, 0.4) is 0 Å². The van der Waals surface area contributed by atoms with Gasteiger partial charge in [0.1, 0.15) is 16.9 Å². The maximum absolute atomic E-state index is 5.19. The number of fused-ring (bicyclic) bond motifs is 1. The SMILES string of the molecule is Cc1cc2nc(-[n+]3c(-c4ccccc4)cc(-c4ccccc4)cc3-c3ccccc3)n(C)c2cc1C. The highest BCUT2D eigenvalue weighted by atomic mass is 15.2. The number of imidazole rings is 1. The maximum atomic E-state index is 5.19. The molecule has 0 saturated heterocycles. The Morgan fingerprint density at radius 3 is 1.56 bits per heavy atom. The Kier molecular flexibility index (Phi) is 5.46. The Balaban J connectivity index is 1.74. The number of aryl methyl sites for hydroxylation is 3. The van der Waals surface area contributed by atoms with Crippen LogP contribution in [-0.2, 0) is 7.05 Å². The van der Waals surface area contributed by atoms with Crippen molar-refractivity contribution in [2.45, 2.75) is 13.8 Å². The molecule has 0 saturated carbocycles. The van der Waals surface area contributed by atoms with Gasteiger partial charge in [-0.1, -0.05) is 96.0 Å². The molecule has 2 heterocycles. The molecule has 0 unspecified atom stereocenters. The van der Waals surface area contributed by atoms with E-state index < -0.39 is 0 Å². The zero-order valence-corrected chi connectivity index (χ0v) is 20.8. The van der Waals surface area contributed by atoms with E-state index in [0.717, 1.165) is 39.5 Å². The van der Waals surface area contributed by atoms with Gasteiger partial charge in [-0.3, -0.25) is 0 Å². The first-order valence-corrected chi connectivity index (χ1v) is 12.3. The third kappa shape index (κ3) is 3.79. The minimum absolute atomic E-state index is 0.896. The smallest absolute Gasteiger partial charge is 0.227 e. The van der Waals surface area contributed by atoms with Gasteiger partial charge in [0.25, 0.3) is 0 Å². The minimum Gasteiger partial charge on any atom is -0.227 e. The summed E-state index contributed by atoms with van der Waals surface area (Å²) in [6.07, 6.45) is 0. The fourth-order valence-corrected chi connectivity index (χ4v) is 4.88. The van der Waals surface area contributed by atoms with Gasteiger partial charge in [0.15, 0.2) is 5.52 Å². The average molecular weight is 467 g/mol. The number of nitrogens with zero attached hydrogens (tertiary/aromatic N) is 3. The molecular weight excluding hydrogens is 438 g/mol. The molecular formula is C33H28N3+. The lowest BCUT2D eigenvalue weighted by atomic mass is 9.99. The van der Waals surface area contributed by atoms with E-state index in [0.29, 0.717) is 0 Å². The molecule has 3 heteroatoms. The fraction of sp³-hybridized carbons (Fsp3) is 0.0909. The van der Waals surface area contributed by atoms with Crippen molar-refractivity contribution < 1.29 is 4.57 Å². The average Bonchev–Trinajstić information content (AvgIpc) is 3.24. The molecule has 3 nitrogen and oxygen atoms in total. The van der Waals surface area contributed by atoms with E-state index >= 15 is 0 Å². The minimum atomic E-state index is 0.896. The summed E-state index contributed by atoms with van der Waals surface area (Å²) in [7, 11) is 2.11. The van der Waals surface area contributed by atoms with Crippen LogP contribution in [0.1, 0.15) is 11.1 Å². The van der Waals surface area contributed by atoms with E-state index in [1.165, 1.54) is 22.3 Å². The van der Waals surface area contributed by atoms with Crippen molar-refractivity contribution in [3.8, 4) is 39.6 Å². The highest BCUT2D eigenvalue weighted by Gasteiger charge is 2.27. The summed E-state index contributed by atoms with van der Waals surface area (Å²) in [5.74, 6) is 0.896. The van der Waals surface area contributed by atoms with Crippen molar-refractivity contribution >= 4 is 11.0 Å². The molecule has 0 N–H and O–H groups in total.